The van der Waals surface area contributed by atoms with Crippen molar-refractivity contribution < 1.29 is 19.5 Å². The summed E-state index contributed by atoms with van der Waals surface area (Å²) < 4.78 is 0. The van der Waals surface area contributed by atoms with E-state index < -0.39 is 17.8 Å². The van der Waals surface area contributed by atoms with Crippen molar-refractivity contribution in [2.75, 3.05) is 10.6 Å². The van der Waals surface area contributed by atoms with E-state index in [1.54, 1.807) is 24.3 Å². The fourth-order valence-corrected chi connectivity index (χ4v) is 5.82. The number of anilines is 2. The minimum absolute atomic E-state index is 0.273. The highest BCUT2D eigenvalue weighted by Crippen LogP contribution is 2.40. The van der Waals surface area contributed by atoms with Gasteiger partial charge in [0, 0.05) is 15.6 Å². The van der Waals surface area contributed by atoms with Gasteiger partial charge in [-0.05, 0) is 61.9 Å². The van der Waals surface area contributed by atoms with Gasteiger partial charge >= 0.3 is 5.97 Å². The fourth-order valence-electron chi connectivity index (χ4n) is 4.40. The van der Waals surface area contributed by atoms with Crippen molar-refractivity contribution in [3.63, 3.8) is 0 Å². The zero-order valence-electron chi connectivity index (χ0n) is 16.4. The Hall–Kier alpha value is -2.38. The second kappa shape index (κ2) is 8.78. The topological polar surface area (TPSA) is 95.5 Å². The molecule has 2 aliphatic carbocycles. The first-order valence-corrected chi connectivity index (χ1v) is 11.4. The number of aryl methyl sites for hydroxylation is 1. The molecule has 3 N–H and O–H groups in total. The molecule has 6 nitrogen and oxygen atoms in total. The number of benzene rings is 1. The smallest absolute Gasteiger partial charge is 0.307 e. The van der Waals surface area contributed by atoms with Gasteiger partial charge in [0.2, 0.25) is 5.91 Å². The Morgan fingerprint density at radius 3 is 2.37 bits per heavy atom. The van der Waals surface area contributed by atoms with Gasteiger partial charge in [-0.3, -0.25) is 14.4 Å². The number of hydrogen-bond acceptors (Lipinski definition) is 4. The molecule has 1 fully saturated rings. The lowest BCUT2D eigenvalue weighted by atomic mass is 9.79. The molecule has 0 bridgehead atoms. The van der Waals surface area contributed by atoms with Crippen LogP contribution in [0.5, 0.6) is 0 Å². The first kappa shape index (κ1) is 20.9. The number of thiophene rings is 1. The summed E-state index contributed by atoms with van der Waals surface area (Å²) in [6, 6.07) is 6.86. The van der Waals surface area contributed by atoms with Crippen LogP contribution in [0.4, 0.5) is 10.7 Å². The highest BCUT2D eigenvalue weighted by molar-refractivity contribution is 7.17. The summed E-state index contributed by atoms with van der Waals surface area (Å²) >= 11 is 7.35. The van der Waals surface area contributed by atoms with Gasteiger partial charge in [0.25, 0.3) is 5.91 Å². The van der Waals surface area contributed by atoms with Crippen LogP contribution in [-0.4, -0.2) is 22.9 Å². The van der Waals surface area contributed by atoms with Crippen molar-refractivity contribution in [3.05, 3.63) is 45.3 Å². The summed E-state index contributed by atoms with van der Waals surface area (Å²) in [4.78, 5) is 38.8. The maximum absolute atomic E-state index is 13.1. The van der Waals surface area contributed by atoms with Crippen LogP contribution in [0.2, 0.25) is 5.02 Å². The Morgan fingerprint density at radius 1 is 0.967 bits per heavy atom. The molecule has 1 saturated carbocycles. The predicted octanol–water partition coefficient (Wildman–Crippen LogP) is 4.97. The monoisotopic (exact) mass is 446 g/mol. The van der Waals surface area contributed by atoms with Crippen LogP contribution in [-0.2, 0) is 22.4 Å². The summed E-state index contributed by atoms with van der Waals surface area (Å²) in [6.45, 7) is 0. The molecule has 0 aliphatic heterocycles. The second-order valence-corrected chi connectivity index (χ2v) is 9.39. The lowest BCUT2D eigenvalue weighted by molar-refractivity contribution is -0.147. The lowest BCUT2D eigenvalue weighted by Gasteiger charge is -2.27. The van der Waals surface area contributed by atoms with Crippen LogP contribution in [0.15, 0.2) is 24.3 Å². The minimum atomic E-state index is -0.927. The molecule has 2 amide bonds. The molecule has 0 saturated heterocycles. The number of halogens is 1. The first-order chi connectivity index (χ1) is 14.4. The van der Waals surface area contributed by atoms with Gasteiger partial charge in [-0.25, -0.2) is 0 Å². The molecule has 8 heteroatoms. The van der Waals surface area contributed by atoms with E-state index in [0.29, 0.717) is 34.1 Å². The van der Waals surface area contributed by atoms with Crippen LogP contribution in [0.3, 0.4) is 0 Å². The molecule has 2 aromatic rings. The molecule has 158 valence electrons. The molecule has 0 unspecified atom stereocenters. The maximum atomic E-state index is 13.1. The first-order valence-electron chi connectivity index (χ1n) is 10.2. The van der Waals surface area contributed by atoms with Crippen molar-refractivity contribution in [2.24, 2.45) is 11.8 Å². The third-order valence-corrected chi connectivity index (χ3v) is 7.37. The van der Waals surface area contributed by atoms with Gasteiger partial charge in [-0.1, -0.05) is 24.4 Å². The summed E-state index contributed by atoms with van der Waals surface area (Å²) in [6.07, 6.45) is 5.40. The van der Waals surface area contributed by atoms with E-state index in [1.807, 2.05) is 0 Å². The van der Waals surface area contributed by atoms with Crippen molar-refractivity contribution >= 4 is 51.4 Å². The molecular formula is C22H23ClN2O4S. The fraction of sp³-hybridized carbons (Fsp3) is 0.409. The van der Waals surface area contributed by atoms with Crippen LogP contribution in [0.1, 0.15) is 52.9 Å². The standard InChI is InChI=1S/C22H23ClN2O4S/c23-12-8-10-13(11-9-12)24-20(27)18-16-6-3-7-17(16)30-21(18)25-19(26)14-4-1-2-5-15(14)22(28)29/h8-11,14-15H,1-7H2,(H,24,27)(H,25,26)(H,28,29)/t14-,15+/m0/s1. The summed E-state index contributed by atoms with van der Waals surface area (Å²) in [7, 11) is 0. The third-order valence-electron chi connectivity index (χ3n) is 5.91. The number of carbonyl (C=O) groups is 3. The highest BCUT2D eigenvalue weighted by Gasteiger charge is 2.37. The Morgan fingerprint density at radius 2 is 1.67 bits per heavy atom. The van der Waals surface area contributed by atoms with E-state index in [1.165, 1.54) is 11.3 Å². The molecular weight excluding hydrogens is 424 g/mol. The van der Waals surface area contributed by atoms with Crippen LogP contribution < -0.4 is 10.6 Å². The summed E-state index contributed by atoms with van der Waals surface area (Å²) in [5.41, 5.74) is 2.11. The number of hydrogen-bond donors (Lipinski definition) is 3. The Bertz CT molecular complexity index is 986. The largest absolute Gasteiger partial charge is 0.481 e. The third kappa shape index (κ3) is 4.23. The van der Waals surface area contributed by atoms with E-state index in [0.717, 1.165) is 42.5 Å². The number of carbonyl (C=O) groups excluding carboxylic acids is 2. The highest BCUT2D eigenvalue weighted by atomic mass is 35.5. The van der Waals surface area contributed by atoms with E-state index in [-0.39, 0.29) is 11.8 Å². The normalized spacial score (nSPS) is 20.4. The molecule has 4 rings (SSSR count). The lowest BCUT2D eigenvalue weighted by Crippen LogP contribution is -2.36. The number of aliphatic carboxylic acids is 1. The van der Waals surface area contributed by atoms with E-state index in [9.17, 15) is 19.5 Å². The molecule has 1 aromatic carbocycles. The van der Waals surface area contributed by atoms with Gasteiger partial charge < -0.3 is 15.7 Å². The quantitative estimate of drug-likeness (QED) is 0.604. The Kier molecular flexibility index (Phi) is 6.11. The minimum Gasteiger partial charge on any atom is -0.481 e. The van der Waals surface area contributed by atoms with Crippen molar-refractivity contribution in [3.8, 4) is 0 Å². The number of fused-ring (bicyclic) bond motifs is 1. The molecule has 30 heavy (non-hydrogen) atoms. The predicted molar refractivity (Wildman–Crippen MR) is 117 cm³/mol. The molecule has 0 radical (unpaired) electrons. The Balaban J connectivity index is 1.58. The number of rotatable bonds is 5. The van der Waals surface area contributed by atoms with Gasteiger partial charge in [0.05, 0.1) is 17.4 Å². The number of amides is 2. The average Bonchev–Trinajstić information content (AvgIpc) is 3.30. The van der Waals surface area contributed by atoms with Gasteiger partial charge in [0.15, 0.2) is 0 Å². The molecule has 0 spiro atoms. The average molecular weight is 447 g/mol. The van der Waals surface area contributed by atoms with E-state index >= 15 is 0 Å². The summed E-state index contributed by atoms with van der Waals surface area (Å²) in [5, 5.41) is 16.4. The van der Waals surface area contributed by atoms with E-state index in [2.05, 4.69) is 10.6 Å². The zero-order valence-corrected chi connectivity index (χ0v) is 17.9. The second-order valence-electron chi connectivity index (χ2n) is 7.85. The number of nitrogens with one attached hydrogen (secondary N) is 2. The number of carboxylic acids is 1. The van der Waals surface area contributed by atoms with Gasteiger partial charge in [-0.15, -0.1) is 11.3 Å². The van der Waals surface area contributed by atoms with Crippen LogP contribution in [0, 0.1) is 11.8 Å². The number of carboxylic acid groups (broad SMARTS) is 1. The maximum Gasteiger partial charge on any atom is 0.307 e. The van der Waals surface area contributed by atoms with Gasteiger partial charge in [-0.2, -0.15) is 0 Å². The van der Waals surface area contributed by atoms with Crippen molar-refractivity contribution in [2.45, 2.75) is 44.9 Å². The zero-order chi connectivity index (χ0) is 21.3. The van der Waals surface area contributed by atoms with Gasteiger partial charge in [0.1, 0.15) is 5.00 Å². The van der Waals surface area contributed by atoms with Crippen molar-refractivity contribution in [1.82, 2.24) is 0 Å². The SMILES string of the molecule is O=C(Nc1ccc(Cl)cc1)c1c(NC(=O)[C@H]2CCCC[C@H]2C(=O)O)sc2c1CCC2. The van der Waals surface area contributed by atoms with Crippen molar-refractivity contribution in [1.29, 1.82) is 0 Å². The molecule has 1 heterocycles. The summed E-state index contributed by atoms with van der Waals surface area (Å²) in [5.74, 6) is -2.74. The van der Waals surface area contributed by atoms with Crippen LogP contribution >= 0.6 is 22.9 Å². The molecule has 2 atom stereocenters. The molecule has 1 aromatic heterocycles. The van der Waals surface area contributed by atoms with Crippen LogP contribution in [0.25, 0.3) is 0 Å². The Labute approximate surface area is 183 Å². The molecule has 2 aliphatic rings. The van der Waals surface area contributed by atoms with E-state index in [4.69, 9.17) is 11.6 Å².